The summed E-state index contributed by atoms with van der Waals surface area (Å²) in [7, 11) is 0. The topological polar surface area (TPSA) is 98.2 Å². The summed E-state index contributed by atoms with van der Waals surface area (Å²) in [5, 5.41) is 2.53. The molecule has 0 rings (SSSR count). The van der Waals surface area contributed by atoms with E-state index in [9.17, 15) is 9.59 Å². The van der Waals surface area contributed by atoms with Crippen molar-refractivity contribution in [2.75, 3.05) is 0 Å². The molecular weight excluding hydrogens is 182 g/mol. The Labute approximate surface area is 84.2 Å². The molecule has 0 bridgehead atoms. The second-order valence-electron chi connectivity index (χ2n) is 3.65. The molecule has 5 nitrogen and oxygen atoms in total. The molecule has 0 aliphatic carbocycles. The minimum absolute atomic E-state index is 0.0273. The smallest absolute Gasteiger partial charge is 0.240 e. The van der Waals surface area contributed by atoms with Crippen molar-refractivity contribution >= 4 is 11.8 Å². The van der Waals surface area contributed by atoms with Gasteiger partial charge >= 0.3 is 0 Å². The highest BCUT2D eigenvalue weighted by molar-refractivity contribution is 5.88. The first-order chi connectivity index (χ1) is 6.40. The fraction of sp³-hybridized carbons (Fsp3) is 0.778. The molecule has 2 atom stereocenters. The molecule has 0 aliphatic rings. The average molecular weight is 201 g/mol. The Hall–Kier alpha value is -1.10. The standard InChI is InChI=1S/C9H19N3O2/c1-4-6(10)9(14)12-7(5(2)3)8(11)13/h5-7H,4,10H2,1-3H3,(H2,11,13)(H,12,14)/t6-,7+/m1/s1. The predicted octanol–water partition coefficient (Wildman–Crippen LogP) is -0.650. The molecule has 0 saturated heterocycles. The van der Waals surface area contributed by atoms with Crippen LogP contribution in [0.2, 0.25) is 0 Å². The van der Waals surface area contributed by atoms with Gasteiger partial charge in [-0.25, -0.2) is 0 Å². The molecule has 0 spiro atoms. The van der Waals surface area contributed by atoms with Crippen LogP contribution in [0.3, 0.4) is 0 Å². The molecule has 5 heteroatoms. The molecule has 0 aromatic heterocycles. The first-order valence-electron chi connectivity index (χ1n) is 4.75. The van der Waals surface area contributed by atoms with Crippen molar-refractivity contribution in [1.82, 2.24) is 5.32 Å². The zero-order valence-corrected chi connectivity index (χ0v) is 8.91. The van der Waals surface area contributed by atoms with Gasteiger partial charge in [0.05, 0.1) is 6.04 Å². The summed E-state index contributed by atoms with van der Waals surface area (Å²) in [5.41, 5.74) is 10.6. The Bertz CT molecular complexity index is 216. The highest BCUT2D eigenvalue weighted by Gasteiger charge is 2.23. The van der Waals surface area contributed by atoms with Crippen LogP contribution in [-0.4, -0.2) is 23.9 Å². The molecule has 5 N–H and O–H groups in total. The third-order valence-electron chi connectivity index (χ3n) is 2.05. The van der Waals surface area contributed by atoms with E-state index in [2.05, 4.69) is 5.32 Å². The van der Waals surface area contributed by atoms with Crippen LogP contribution in [-0.2, 0) is 9.59 Å². The van der Waals surface area contributed by atoms with E-state index >= 15 is 0 Å². The second-order valence-corrected chi connectivity index (χ2v) is 3.65. The molecule has 82 valence electrons. The fourth-order valence-corrected chi connectivity index (χ4v) is 1.01. The second kappa shape index (κ2) is 5.59. The van der Waals surface area contributed by atoms with Gasteiger partial charge in [-0.2, -0.15) is 0 Å². The van der Waals surface area contributed by atoms with Gasteiger partial charge in [-0.05, 0) is 12.3 Å². The molecule has 0 unspecified atom stereocenters. The lowest BCUT2D eigenvalue weighted by Gasteiger charge is -2.20. The summed E-state index contributed by atoms with van der Waals surface area (Å²) in [4.78, 5) is 22.3. The highest BCUT2D eigenvalue weighted by atomic mass is 16.2. The number of carbonyl (C=O) groups excluding carboxylic acids is 2. The number of nitrogens with two attached hydrogens (primary N) is 2. The molecule has 0 saturated carbocycles. The molecule has 14 heavy (non-hydrogen) atoms. The summed E-state index contributed by atoms with van der Waals surface area (Å²) in [6, 6.07) is -1.21. The SMILES string of the molecule is CC[C@@H](N)C(=O)N[C@H](C(N)=O)C(C)C. The molecule has 0 fully saturated rings. The van der Waals surface area contributed by atoms with E-state index in [1.54, 1.807) is 6.92 Å². The third-order valence-corrected chi connectivity index (χ3v) is 2.05. The van der Waals surface area contributed by atoms with Crippen LogP contribution in [0.5, 0.6) is 0 Å². The molecule has 2 amide bonds. The van der Waals surface area contributed by atoms with Gasteiger partial charge in [-0.1, -0.05) is 20.8 Å². The number of amides is 2. The van der Waals surface area contributed by atoms with E-state index in [-0.39, 0.29) is 11.8 Å². The lowest BCUT2D eigenvalue weighted by molar-refractivity contribution is -0.129. The maximum Gasteiger partial charge on any atom is 0.240 e. The van der Waals surface area contributed by atoms with Gasteiger partial charge in [0.25, 0.3) is 0 Å². The minimum Gasteiger partial charge on any atom is -0.368 e. The minimum atomic E-state index is -0.639. The zero-order valence-electron chi connectivity index (χ0n) is 8.91. The van der Waals surface area contributed by atoms with Crippen LogP contribution in [0.15, 0.2) is 0 Å². The molecular formula is C9H19N3O2. The Morgan fingerprint density at radius 1 is 1.36 bits per heavy atom. The van der Waals surface area contributed by atoms with Gasteiger partial charge in [0, 0.05) is 0 Å². The highest BCUT2D eigenvalue weighted by Crippen LogP contribution is 2.01. The van der Waals surface area contributed by atoms with E-state index in [0.29, 0.717) is 6.42 Å². The Kier molecular flexibility index (Phi) is 5.15. The van der Waals surface area contributed by atoms with E-state index in [1.807, 2.05) is 13.8 Å². The van der Waals surface area contributed by atoms with Crippen molar-refractivity contribution in [2.24, 2.45) is 17.4 Å². The summed E-state index contributed by atoms with van der Waals surface area (Å²) >= 11 is 0. The Morgan fingerprint density at radius 2 is 1.86 bits per heavy atom. The van der Waals surface area contributed by atoms with Crippen molar-refractivity contribution in [3.63, 3.8) is 0 Å². The maximum absolute atomic E-state index is 11.3. The Balaban J connectivity index is 4.31. The Morgan fingerprint density at radius 3 is 2.14 bits per heavy atom. The van der Waals surface area contributed by atoms with E-state index in [1.165, 1.54) is 0 Å². The van der Waals surface area contributed by atoms with Crippen molar-refractivity contribution in [1.29, 1.82) is 0 Å². The number of rotatable bonds is 5. The van der Waals surface area contributed by atoms with Gasteiger partial charge in [0.1, 0.15) is 6.04 Å². The van der Waals surface area contributed by atoms with Gasteiger partial charge < -0.3 is 16.8 Å². The van der Waals surface area contributed by atoms with Crippen LogP contribution >= 0.6 is 0 Å². The number of hydrogen-bond acceptors (Lipinski definition) is 3. The summed E-state index contributed by atoms with van der Waals surface area (Å²) < 4.78 is 0. The van der Waals surface area contributed by atoms with Gasteiger partial charge in [-0.15, -0.1) is 0 Å². The van der Waals surface area contributed by atoms with Crippen LogP contribution < -0.4 is 16.8 Å². The van der Waals surface area contributed by atoms with Crippen LogP contribution in [0.25, 0.3) is 0 Å². The largest absolute Gasteiger partial charge is 0.368 e. The fourth-order valence-electron chi connectivity index (χ4n) is 1.01. The number of nitrogens with one attached hydrogen (secondary N) is 1. The van der Waals surface area contributed by atoms with Crippen LogP contribution in [0.4, 0.5) is 0 Å². The van der Waals surface area contributed by atoms with Crippen molar-refractivity contribution in [2.45, 2.75) is 39.3 Å². The van der Waals surface area contributed by atoms with Crippen molar-refractivity contribution in [3.8, 4) is 0 Å². The van der Waals surface area contributed by atoms with E-state index in [4.69, 9.17) is 11.5 Å². The normalized spacial score (nSPS) is 14.9. The quantitative estimate of drug-likeness (QED) is 0.551. The predicted molar refractivity (Wildman–Crippen MR) is 54.2 cm³/mol. The maximum atomic E-state index is 11.3. The van der Waals surface area contributed by atoms with Crippen molar-refractivity contribution < 1.29 is 9.59 Å². The van der Waals surface area contributed by atoms with Gasteiger partial charge in [-0.3, -0.25) is 9.59 Å². The van der Waals surface area contributed by atoms with Crippen LogP contribution in [0, 0.1) is 5.92 Å². The summed E-state index contributed by atoms with van der Waals surface area (Å²) in [6.45, 7) is 5.43. The van der Waals surface area contributed by atoms with E-state index < -0.39 is 18.0 Å². The number of primary amides is 1. The van der Waals surface area contributed by atoms with Gasteiger partial charge in [0.2, 0.25) is 11.8 Å². The first kappa shape index (κ1) is 12.9. The van der Waals surface area contributed by atoms with Crippen LogP contribution in [0.1, 0.15) is 27.2 Å². The first-order valence-corrected chi connectivity index (χ1v) is 4.75. The third kappa shape index (κ3) is 3.74. The number of carbonyl (C=O) groups is 2. The molecule has 0 heterocycles. The van der Waals surface area contributed by atoms with Gasteiger partial charge in [0.15, 0.2) is 0 Å². The van der Waals surface area contributed by atoms with E-state index in [0.717, 1.165) is 0 Å². The lowest BCUT2D eigenvalue weighted by atomic mass is 10.0. The molecule has 0 aromatic carbocycles. The molecule has 0 aliphatic heterocycles. The summed E-state index contributed by atoms with van der Waals surface area (Å²) in [5.74, 6) is -0.887. The molecule has 0 radical (unpaired) electrons. The summed E-state index contributed by atoms with van der Waals surface area (Å²) in [6.07, 6.45) is 0.537. The average Bonchev–Trinajstić information content (AvgIpc) is 2.11. The lowest BCUT2D eigenvalue weighted by Crippen LogP contribution is -2.52. The van der Waals surface area contributed by atoms with Crippen molar-refractivity contribution in [3.05, 3.63) is 0 Å². The number of hydrogen-bond donors (Lipinski definition) is 3. The zero-order chi connectivity index (χ0) is 11.3. The monoisotopic (exact) mass is 201 g/mol. The molecule has 0 aromatic rings.